The summed E-state index contributed by atoms with van der Waals surface area (Å²) in [5.74, 6) is -3.34. The van der Waals surface area contributed by atoms with Crippen LogP contribution in [0.4, 0.5) is 13.2 Å². The number of ether oxygens (including phenoxy) is 2. The Kier molecular flexibility index (Phi) is 6.71. The lowest BCUT2D eigenvalue weighted by Gasteiger charge is -2.30. The summed E-state index contributed by atoms with van der Waals surface area (Å²) in [7, 11) is -2.13. The normalized spacial score (nSPS) is 20.5. The van der Waals surface area contributed by atoms with Gasteiger partial charge in [0.1, 0.15) is 0 Å². The van der Waals surface area contributed by atoms with Crippen molar-refractivity contribution in [2.24, 2.45) is 5.92 Å². The molecule has 0 aromatic heterocycles. The Bertz CT molecular complexity index is 819. The van der Waals surface area contributed by atoms with Gasteiger partial charge in [-0.1, -0.05) is 6.42 Å². The molecule has 11 heteroatoms. The third kappa shape index (κ3) is 5.22. The third-order valence-corrected chi connectivity index (χ3v) is 6.02. The van der Waals surface area contributed by atoms with Gasteiger partial charge in [0, 0.05) is 6.04 Å². The molecule has 156 valence electrons. The zero-order valence-corrected chi connectivity index (χ0v) is 16.0. The number of halogens is 3. The van der Waals surface area contributed by atoms with E-state index in [-0.39, 0.29) is 36.8 Å². The van der Waals surface area contributed by atoms with Crippen molar-refractivity contribution in [3.05, 3.63) is 29.3 Å². The van der Waals surface area contributed by atoms with Crippen LogP contribution in [-0.4, -0.2) is 46.8 Å². The quantitative estimate of drug-likeness (QED) is 0.731. The van der Waals surface area contributed by atoms with Gasteiger partial charge in [0.2, 0.25) is 10.0 Å². The van der Waals surface area contributed by atoms with E-state index in [0.717, 1.165) is 32.4 Å². The number of benzene rings is 1. The molecular formula is C17H20F3NO6S. The summed E-state index contributed by atoms with van der Waals surface area (Å²) in [6.45, 7) is 0. The van der Waals surface area contributed by atoms with Crippen LogP contribution >= 0.6 is 0 Å². The molecule has 1 saturated carbocycles. The highest BCUT2D eigenvalue weighted by molar-refractivity contribution is 7.89. The van der Waals surface area contributed by atoms with E-state index in [1.165, 1.54) is 0 Å². The van der Waals surface area contributed by atoms with E-state index in [1.807, 2.05) is 0 Å². The second-order valence-electron chi connectivity index (χ2n) is 6.45. The smallest absolute Gasteiger partial charge is 0.391 e. The van der Waals surface area contributed by atoms with Crippen LogP contribution in [0.15, 0.2) is 23.1 Å². The molecule has 0 spiro atoms. The van der Waals surface area contributed by atoms with Gasteiger partial charge < -0.3 is 9.47 Å². The number of alkyl halides is 3. The van der Waals surface area contributed by atoms with Crippen LogP contribution in [0.1, 0.15) is 46.4 Å². The van der Waals surface area contributed by atoms with Gasteiger partial charge in [-0.25, -0.2) is 22.7 Å². The molecule has 1 fully saturated rings. The van der Waals surface area contributed by atoms with E-state index < -0.39 is 45.0 Å². The van der Waals surface area contributed by atoms with Crippen molar-refractivity contribution in [2.75, 3.05) is 14.2 Å². The summed E-state index contributed by atoms with van der Waals surface area (Å²) >= 11 is 0. The molecule has 1 aromatic carbocycles. The number of sulfonamides is 1. The van der Waals surface area contributed by atoms with E-state index >= 15 is 0 Å². The molecule has 1 aliphatic carbocycles. The highest BCUT2D eigenvalue weighted by Gasteiger charge is 2.42. The Balaban J connectivity index is 2.33. The molecule has 2 atom stereocenters. The molecule has 1 aromatic rings. The van der Waals surface area contributed by atoms with Gasteiger partial charge in [-0.05, 0) is 37.5 Å². The second kappa shape index (κ2) is 8.48. The van der Waals surface area contributed by atoms with Crippen LogP contribution in [0.5, 0.6) is 0 Å². The van der Waals surface area contributed by atoms with E-state index in [1.54, 1.807) is 0 Å². The first kappa shape index (κ1) is 22.2. The van der Waals surface area contributed by atoms with Gasteiger partial charge in [0.05, 0.1) is 36.2 Å². The summed E-state index contributed by atoms with van der Waals surface area (Å²) in [5.41, 5.74) is -0.412. The Morgan fingerprint density at radius 1 is 1.04 bits per heavy atom. The maximum atomic E-state index is 13.0. The summed E-state index contributed by atoms with van der Waals surface area (Å²) in [5, 5.41) is 0. The molecule has 0 amide bonds. The zero-order valence-electron chi connectivity index (χ0n) is 15.2. The van der Waals surface area contributed by atoms with E-state index in [4.69, 9.17) is 0 Å². The minimum absolute atomic E-state index is 0.0496. The van der Waals surface area contributed by atoms with Crippen LogP contribution in [0.25, 0.3) is 0 Å². The zero-order chi connectivity index (χ0) is 21.1. The predicted octanol–water partition coefficient (Wildman–Crippen LogP) is 2.66. The fraction of sp³-hybridized carbons (Fsp3) is 0.529. The first-order valence-electron chi connectivity index (χ1n) is 8.38. The van der Waals surface area contributed by atoms with Gasteiger partial charge in [0.25, 0.3) is 0 Å². The van der Waals surface area contributed by atoms with Gasteiger partial charge in [-0.3, -0.25) is 0 Å². The van der Waals surface area contributed by atoms with Gasteiger partial charge in [0.15, 0.2) is 0 Å². The Hall–Kier alpha value is -2.14. The van der Waals surface area contributed by atoms with Crippen molar-refractivity contribution in [1.29, 1.82) is 0 Å². The molecule has 1 N–H and O–H groups in total. The Labute approximate surface area is 160 Å². The monoisotopic (exact) mass is 423 g/mol. The highest BCUT2D eigenvalue weighted by atomic mass is 32.2. The molecule has 0 heterocycles. The van der Waals surface area contributed by atoms with Crippen molar-refractivity contribution in [2.45, 2.75) is 42.8 Å². The number of rotatable bonds is 5. The third-order valence-electron chi connectivity index (χ3n) is 4.52. The van der Waals surface area contributed by atoms with Gasteiger partial charge >= 0.3 is 18.1 Å². The lowest BCUT2D eigenvalue weighted by Crippen LogP contribution is -2.41. The van der Waals surface area contributed by atoms with E-state index in [2.05, 4.69) is 14.2 Å². The van der Waals surface area contributed by atoms with Crippen molar-refractivity contribution >= 4 is 22.0 Å². The number of esters is 2. The molecule has 0 radical (unpaired) electrons. The summed E-state index contributed by atoms with van der Waals surface area (Å²) in [4.78, 5) is 23.1. The van der Waals surface area contributed by atoms with Gasteiger partial charge in [-0.15, -0.1) is 0 Å². The predicted molar refractivity (Wildman–Crippen MR) is 91.2 cm³/mol. The molecule has 28 heavy (non-hydrogen) atoms. The fourth-order valence-corrected chi connectivity index (χ4v) is 4.46. The van der Waals surface area contributed by atoms with Crippen LogP contribution in [0.3, 0.4) is 0 Å². The van der Waals surface area contributed by atoms with Crippen LogP contribution < -0.4 is 4.72 Å². The Morgan fingerprint density at radius 3 is 2.04 bits per heavy atom. The number of hydrogen-bond donors (Lipinski definition) is 1. The molecule has 2 rings (SSSR count). The largest absolute Gasteiger partial charge is 0.465 e. The van der Waals surface area contributed by atoms with Crippen molar-refractivity contribution in [3.63, 3.8) is 0 Å². The second-order valence-corrected chi connectivity index (χ2v) is 8.17. The number of hydrogen-bond acceptors (Lipinski definition) is 6. The van der Waals surface area contributed by atoms with Crippen molar-refractivity contribution < 1.29 is 40.7 Å². The molecule has 7 nitrogen and oxygen atoms in total. The summed E-state index contributed by atoms with van der Waals surface area (Å²) < 4.78 is 75.6. The fourth-order valence-electron chi connectivity index (χ4n) is 3.11. The minimum atomic E-state index is -4.40. The highest BCUT2D eigenvalue weighted by Crippen LogP contribution is 2.37. The molecule has 0 saturated heterocycles. The maximum absolute atomic E-state index is 13.0. The molecule has 0 aliphatic heterocycles. The first-order valence-corrected chi connectivity index (χ1v) is 9.87. The average Bonchev–Trinajstić information content (AvgIpc) is 2.65. The maximum Gasteiger partial charge on any atom is 0.391 e. The SMILES string of the molecule is COC(=O)c1cc(C(=O)OC)cc(S(=O)(=O)NC2CCCC(C(F)(F)F)C2)c1. The number of nitrogens with one attached hydrogen (secondary N) is 1. The van der Waals surface area contributed by atoms with E-state index in [9.17, 15) is 31.2 Å². The molecule has 1 aliphatic rings. The number of carbonyl (C=O) groups is 2. The lowest BCUT2D eigenvalue weighted by atomic mass is 9.86. The van der Waals surface area contributed by atoms with Crippen LogP contribution in [0, 0.1) is 5.92 Å². The van der Waals surface area contributed by atoms with Crippen molar-refractivity contribution in [3.8, 4) is 0 Å². The lowest BCUT2D eigenvalue weighted by molar-refractivity contribution is -0.183. The first-order chi connectivity index (χ1) is 13.0. The topological polar surface area (TPSA) is 98.8 Å². The average molecular weight is 423 g/mol. The minimum Gasteiger partial charge on any atom is -0.465 e. The molecule has 0 bridgehead atoms. The Morgan fingerprint density at radius 2 is 1.57 bits per heavy atom. The van der Waals surface area contributed by atoms with Crippen LogP contribution in [0.2, 0.25) is 0 Å². The van der Waals surface area contributed by atoms with Gasteiger partial charge in [-0.2, -0.15) is 13.2 Å². The van der Waals surface area contributed by atoms with Crippen LogP contribution in [-0.2, 0) is 19.5 Å². The molecular weight excluding hydrogens is 403 g/mol. The van der Waals surface area contributed by atoms with Crippen molar-refractivity contribution in [1.82, 2.24) is 4.72 Å². The molecule has 2 unspecified atom stereocenters. The number of carbonyl (C=O) groups excluding carboxylic acids is 2. The van der Waals surface area contributed by atoms with E-state index in [0.29, 0.717) is 0 Å². The summed E-state index contributed by atoms with van der Waals surface area (Å²) in [6, 6.07) is 2.18. The number of methoxy groups -OCH3 is 2. The standard InChI is InChI=1S/C17H20F3NO6S/c1-26-15(22)10-6-11(16(23)27-2)8-14(7-10)28(24,25)21-13-5-3-4-12(9-13)17(18,19)20/h6-8,12-13,21H,3-5,9H2,1-2H3. The summed E-state index contributed by atoms with van der Waals surface area (Å²) in [6.07, 6.45) is -4.33.